The molecule has 130 valence electrons. The molecule has 1 aliphatic heterocycles. The van der Waals surface area contributed by atoms with Crippen LogP contribution in [-0.2, 0) is 11.2 Å². The van der Waals surface area contributed by atoms with Crippen molar-refractivity contribution in [1.29, 1.82) is 0 Å². The van der Waals surface area contributed by atoms with Crippen LogP contribution in [0.1, 0.15) is 38.7 Å². The van der Waals surface area contributed by atoms with Crippen molar-refractivity contribution in [2.24, 2.45) is 17.6 Å². The highest BCUT2D eigenvalue weighted by molar-refractivity contribution is 5.85. The second-order valence-electron chi connectivity index (χ2n) is 6.59. The van der Waals surface area contributed by atoms with Crippen LogP contribution in [0.15, 0.2) is 24.3 Å². The normalized spacial score (nSPS) is 18.2. The van der Waals surface area contributed by atoms with Gasteiger partial charge in [0.25, 0.3) is 0 Å². The topological polar surface area (TPSA) is 46.3 Å². The van der Waals surface area contributed by atoms with Gasteiger partial charge in [-0.1, -0.05) is 19.1 Å². The second kappa shape index (κ2) is 9.24. The number of piperidine rings is 1. The lowest BCUT2D eigenvalue weighted by atomic mass is 9.90. The predicted octanol–water partition coefficient (Wildman–Crippen LogP) is 3.40. The van der Waals surface area contributed by atoms with Crippen molar-refractivity contribution in [1.82, 2.24) is 4.90 Å². The van der Waals surface area contributed by atoms with Crippen LogP contribution < -0.4 is 5.73 Å². The van der Waals surface area contributed by atoms with E-state index >= 15 is 0 Å². The molecule has 1 heterocycles. The lowest BCUT2D eigenvalue weighted by molar-refractivity contribution is -0.136. The molecule has 2 rings (SSSR count). The fourth-order valence-electron chi connectivity index (χ4n) is 3.16. The maximum atomic E-state index is 13.2. The van der Waals surface area contributed by atoms with Gasteiger partial charge < -0.3 is 10.6 Å². The largest absolute Gasteiger partial charge is 0.342 e. The molecule has 0 bridgehead atoms. The van der Waals surface area contributed by atoms with E-state index in [4.69, 9.17) is 5.73 Å². The Morgan fingerprint density at radius 1 is 1.35 bits per heavy atom. The first kappa shape index (κ1) is 19.9. The van der Waals surface area contributed by atoms with E-state index in [2.05, 4.69) is 0 Å². The van der Waals surface area contributed by atoms with E-state index in [0.29, 0.717) is 5.92 Å². The number of benzene rings is 1. The Balaban J connectivity index is 0.00000264. The van der Waals surface area contributed by atoms with E-state index < -0.39 is 0 Å². The van der Waals surface area contributed by atoms with Crippen molar-refractivity contribution in [2.75, 3.05) is 13.1 Å². The minimum absolute atomic E-state index is 0. The summed E-state index contributed by atoms with van der Waals surface area (Å²) in [6.45, 7) is 5.65. The van der Waals surface area contributed by atoms with E-state index in [0.717, 1.165) is 44.3 Å². The van der Waals surface area contributed by atoms with Crippen LogP contribution in [0.5, 0.6) is 0 Å². The first-order valence-corrected chi connectivity index (χ1v) is 8.26. The number of amides is 1. The molecular weight excluding hydrogens is 315 g/mol. The Kier molecular flexibility index (Phi) is 8.00. The summed E-state index contributed by atoms with van der Waals surface area (Å²) in [5.74, 6) is 0.524. The summed E-state index contributed by atoms with van der Waals surface area (Å²) in [5.41, 5.74) is 6.89. The molecule has 1 amide bonds. The minimum atomic E-state index is -0.213. The van der Waals surface area contributed by atoms with Gasteiger partial charge in [0.15, 0.2) is 0 Å². The molecule has 2 atom stereocenters. The van der Waals surface area contributed by atoms with E-state index in [1.165, 1.54) is 6.07 Å². The molecular formula is C18H28ClFN2O. The summed E-state index contributed by atoms with van der Waals surface area (Å²) in [4.78, 5) is 14.5. The molecule has 1 fully saturated rings. The lowest BCUT2D eigenvalue weighted by Crippen LogP contribution is -2.44. The summed E-state index contributed by atoms with van der Waals surface area (Å²) in [7, 11) is 0. The van der Waals surface area contributed by atoms with E-state index in [9.17, 15) is 9.18 Å². The molecule has 0 radical (unpaired) electrons. The predicted molar refractivity (Wildman–Crippen MR) is 94.1 cm³/mol. The molecule has 0 aliphatic carbocycles. The average Bonchev–Trinajstić information content (AvgIpc) is 2.52. The van der Waals surface area contributed by atoms with Crippen LogP contribution in [0.4, 0.5) is 4.39 Å². The molecule has 1 aromatic carbocycles. The SMILES string of the molecule is CC(CCc1cccc(F)c1)C(=O)N1CCC(C(C)N)CC1.Cl. The highest BCUT2D eigenvalue weighted by Crippen LogP contribution is 2.22. The van der Waals surface area contributed by atoms with Crippen molar-refractivity contribution in [3.05, 3.63) is 35.6 Å². The number of carbonyl (C=O) groups is 1. The number of halogens is 2. The number of nitrogens with two attached hydrogens (primary N) is 1. The van der Waals surface area contributed by atoms with Crippen molar-refractivity contribution in [2.45, 2.75) is 45.6 Å². The molecule has 3 nitrogen and oxygen atoms in total. The van der Waals surface area contributed by atoms with Gasteiger partial charge >= 0.3 is 0 Å². The first-order chi connectivity index (χ1) is 10.5. The molecule has 1 aliphatic rings. The van der Waals surface area contributed by atoms with Crippen molar-refractivity contribution >= 4 is 18.3 Å². The van der Waals surface area contributed by atoms with Crippen LogP contribution in [0.25, 0.3) is 0 Å². The Labute approximate surface area is 144 Å². The zero-order chi connectivity index (χ0) is 16.1. The van der Waals surface area contributed by atoms with Gasteiger partial charge in [0.1, 0.15) is 5.82 Å². The summed E-state index contributed by atoms with van der Waals surface area (Å²) >= 11 is 0. The van der Waals surface area contributed by atoms with Gasteiger partial charge in [-0.3, -0.25) is 4.79 Å². The quantitative estimate of drug-likeness (QED) is 0.891. The summed E-state index contributed by atoms with van der Waals surface area (Å²) in [6, 6.07) is 6.83. The third-order valence-electron chi connectivity index (χ3n) is 4.77. The zero-order valence-electron chi connectivity index (χ0n) is 14.0. The van der Waals surface area contributed by atoms with Gasteiger partial charge in [-0.25, -0.2) is 4.39 Å². The van der Waals surface area contributed by atoms with Crippen LogP contribution in [-0.4, -0.2) is 29.9 Å². The minimum Gasteiger partial charge on any atom is -0.342 e. The lowest BCUT2D eigenvalue weighted by Gasteiger charge is -2.35. The molecule has 2 N–H and O–H groups in total. The van der Waals surface area contributed by atoms with Crippen molar-refractivity contribution in [3.8, 4) is 0 Å². The third-order valence-corrected chi connectivity index (χ3v) is 4.77. The number of likely N-dealkylation sites (tertiary alicyclic amines) is 1. The van der Waals surface area contributed by atoms with Gasteiger partial charge in [0, 0.05) is 25.0 Å². The second-order valence-corrected chi connectivity index (χ2v) is 6.59. The fourth-order valence-corrected chi connectivity index (χ4v) is 3.16. The maximum Gasteiger partial charge on any atom is 0.225 e. The van der Waals surface area contributed by atoms with Crippen LogP contribution in [0.3, 0.4) is 0 Å². The number of nitrogens with zero attached hydrogens (tertiary/aromatic N) is 1. The Hall–Kier alpha value is -1.13. The van der Waals surface area contributed by atoms with Gasteiger partial charge in [-0.2, -0.15) is 0 Å². The summed E-state index contributed by atoms with van der Waals surface area (Å²) in [6.07, 6.45) is 3.50. The highest BCUT2D eigenvalue weighted by atomic mass is 35.5. The van der Waals surface area contributed by atoms with Crippen molar-refractivity contribution in [3.63, 3.8) is 0 Å². The average molecular weight is 343 g/mol. The zero-order valence-corrected chi connectivity index (χ0v) is 14.8. The number of rotatable bonds is 5. The van der Waals surface area contributed by atoms with Gasteiger partial charge in [0.2, 0.25) is 5.91 Å². The summed E-state index contributed by atoms with van der Waals surface area (Å²) in [5, 5.41) is 0. The number of aryl methyl sites for hydroxylation is 1. The van der Waals surface area contributed by atoms with E-state index in [-0.39, 0.29) is 36.1 Å². The Morgan fingerprint density at radius 2 is 2.00 bits per heavy atom. The van der Waals surface area contributed by atoms with Gasteiger partial charge in [-0.15, -0.1) is 12.4 Å². The first-order valence-electron chi connectivity index (χ1n) is 8.26. The van der Waals surface area contributed by atoms with Crippen molar-refractivity contribution < 1.29 is 9.18 Å². The monoisotopic (exact) mass is 342 g/mol. The molecule has 0 saturated carbocycles. The maximum absolute atomic E-state index is 13.2. The number of hydrogen-bond donors (Lipinski definition) is 1. The molecule has 1 saturated heterocycles. The molecule has 0 spiro atoms. The van der Waals surface area contributed by atoms with E-state index in [1.807, 2.05) is 24.8 Å². The highest BCUT2D eigenvalue weighted by Gasteiger charge is 2.27. The molecule has 1 aromatic rings. The summed E-state index contributed by atoms with van der Waals surface area (Å²) < 4.78 is 13.2. The van der Waals surface area contributed by atoms with Gasteiger partial charge in [-0.05, 0) is 56.2 Å². The number of carbonyl (C=O) groups excluding carboxylic acids is 1. The Bertz CT molecular complexity index is 502. The molecule has 5 heteroatoms. The number of hydrogen-bond acceptors (Lipinski definition) is 2. The van der Waals surface area contributed by atoms with Crippen LogP contribution in [0.2, 0.25) is 0 Å². The fraction of sp³-hybridized carbons (Fsp3) is 0.611. The van der Waals surface area contributed by atoms with Crippen LogP contribution in [0, 0.1) is 17.7 Å². The molecule has 0 aromatic heterocycles. The molecule has 23 heavy (non-hydrogen) atoms. The molecule has 2 unspecified atom stereocenters. The van der Waals surface area contributed by atoms with E-state index in [1.54, 1.807) is 12.1 Å². The van der Waals surface area contributed by atoms with Gasteiger partial charge in [0.05, 0.1) is 0 Å². The van der Waals surface area contributed by atoms with Crippen LogP contribution >= 0.6 is 12.4 Å². The standard InChI is InChI=1S/C18H27FN2O.ClH/c1-13(6-7-15-4-3-5-17(19)12-15)18(22)21-10-8-16(9-11-21)14(2)20;/h3-5,12-14,16H,6-11,20H2,1-2H3;1H. The smallest absolute Gasteiger partial charge is 0.225 e. The third kappa shape index (κ3) is 5.78. The Morgan fingerprint density at radius 3 is 2.57 bits per heavy atom.